The highest BCUT2D eigenvalue weighted by Gasteiger charge is 2.09. The van der Waals surface area contributed by atoms with E-state index in [0.717, 1.165) is 25.7 Å². The molecule has 0 heterocycles. The van der Waals surface area contributed by atoms with Gasteiger partial charge in [0.2, 0.25) is 0 Å². The SMILES string of the molecule is O[C@@H]1C#CCCCCC#C[C@@H]1O. The van der Waals surface area contributed by atoms with E-state index in [-0.39, 0.29) is 0 Å². The minimum Gasteiger partial charge on any atom is -0.377 e. The molecule has 0 amide bonds. The van der Waals surface area contributed by atoms with Crippen LogP contribution in [0.4, 0.5) is 0 Å². The number of hydrogen-bond donors (Lipinski definition) is 2. The van der Waals surface area contributed by atoms with Crippen LogP contribution < -0.4 is 0 Å². The molecule has 12 heavy (non-hydrogen) atoms. The van der Waals surface area contributed by atoms with E-state index in [9.17, 15) is 10.2 Å². The zero-order valence-corrected chi connectivity index (χ0v) is 6.88. The van der Waals surface area contributed by atoms with Crippen molar-refractivity contribution in [1.29, 1.82) is 0 Å². The molecule has 64 valence electrons. The summed E-state index contributed by atoms with van der Waals surface area (Å²) in [5.74, 6) is 10.7. The maximum absolute atomic E-state index is 9.17. The third kappa shape index (κ3) is 2.96. The third-order valence-corrected chi connectivity index (χ3v) is 1.65. The van der Waals surface area contributed by atoms with E-state index < -0.39 is 12.2 Å². The van der Waals surface area contributed by atoms with Crippen LogP contribution in [0.15, 0.2) is 0 Å². The predicted molar refractivity (Wildman–Crippen MR) is 46.0 cm³/mol. The first-order valence-electron chi connectivity index (χ1n) is 4.13. The molecule has 0 aliphatic heterocycles. The van der Waals surface area contributed by atoms with Crippen LogP contribution in [0.2, 0.25) is 0 Å². The second kappa shape index (κ2) is 4.83. The highest BCUT2D eigenvalue weighted by Crippen LogP contribution is 2.00. The molecule has 2 N–H and O–H groups in total. The van der Waals surface area contributed by atoms with Gasteiger partial charge in [0, 0.05) is 12.8 Å². The van der Waals surface area contributed by atoms with Crippen molar-refractivity contribution in [3.8, 4) is 23.7 Å². The lowest BCUT2D eigenvalue weighted by Gasteiger charge is -2.05. The maximum Gasteiger partial charge on any atom is 0.151 e. The van der Waals surface area contributed by atoms with Gasteiger partial charge in [-0.1, -0.05) is 11.8 Å². The Morgan fingerprint density at radius 1 is 0.833 bits per heavy atom. The Bertz CT molecular complexity index is 220. The van der Waals surface area contributed by atoms with Crippen LogP contribution in [0.5, 0.6) is 0 Å². The van der Waals surface area contributed by atoms with Crippen molar-refractivity contribution in [2.75, 3.05) is 0 Å². The second-order valence-corrected chi connectivity index (χ2v) is 2.74. The molecule has 0 aromatic rings. The summed E-state index contributed by atoms with van der Waals surface area (Å²) in [4.78, 5) is 0. The summed E-state index contributed by atoms with van der Waals surface area (Å²) in [6, 6.07) is 0. The molecule has 1 aliphatic carbocycles. The lowest BCUT2D eigenvalue weighted by Crippen LogP contribution is -2.22. The molecule has 2 heteroatoms. The Morgan fingerprint density at radius 3 is 1.67 bits per heavy atom. The minimum absolute atomic E-state index is 0.783. The lowest BCUT2D eigenvalue weighted by atomic mass is 10.1. The molecule has 0 spiro atoms. The molecule has 2 nitrogen and oxygen atoms in total. The molecule has 0 aromatic heterocycles. The Hall–Kier alpha value is -0.960. The standard InChI is InChI=1S/C10H12O2/c11-9-7-5-3-1-2-4-6-8-10(9)12/h9-12H,1-4H2/t9-,10+. The fourth-order valence-electron chi connectivity index (χ4n) is 0.938. The Balaban J connectivity index is 2.61. The fourth-order valence-corrected chi connectivity index (χ4v) is 0.938. The van der Waals surface area contributed by atoms with Gasteiger partial charge in [-0.05, 0) is 12.8 Å². The summed E-state index contributed by atoms with van der Waals surface area (Å²) >= 11 is 0. The number of aliphatic hydroxyl groups is 2. The van der Waals surface area contributed by atoms with Crippen LogP contribution >= 0.6 is 0 Å². The third-order valence-electron chi connectivity index (χ3n) is 1.65. The molecule has 0 fully saturated rings. The molecule has 2 atom stereocenters. The van der Waals surface area contributed by atoms with Crippen molar-refractivity contribution in [2.24, 2.45) is 0 Å². The van der Waals surface area contributed by atoms with Crippen LogP contribution in [0, 0.1) is 23.7 Å². The zero-order chi connectivity index (χ0) is 8.81. The smallest absolute Gasteiger partial charge is 0.151 e. The number of rotatable bonds is 0. The van der Waals surface area contributed by atoms with Crippen LogP contribution in [0.1, 0.15) is 25.7 Å². The first-order valence-corrected chi connectivity index (χ1v) is 4.13. The molecule has 0 aromatic carbocycles. The van der Waals surface area contributed by atoms with E-state index in [1.54, 1.807) is 0 Å². The van der Waals surface area contributed by atoms with Crippen molar-refractivity contribution in [2.45, 2.75) is 37.9 Å². The van der Waals surface area contributed by atoms with E-state index in [4.69, 9.17) is 0 Å². The van der Waals surface area contributed by atoms with Crippen molar-refractivity contribution in [1.82, 2.24) is 0 Å². The highest BCUT2D eigenvalue weighted by molar-refractivity contribution is 5.16. The molecular formula is C10H12O2. The first-order chi connectivity index (χ1) is 5.80. The van der Waals surface area contributed by atoms with Crippen LogP contribution in [-0.2, 0) is 0 Å². The van der Waals surface area contributed by atoms with E-state index in [0.29, 0.717) is 0 Å². The maximum atomic E-state index is 9.17. The van der Waals surface area contributed by atoms with Gasteiger partial charge in [0.25, 0.3) is 0 Å². The predicted octanol–water partition coefficient (Wildman–Crippen LogP) is 0.289. The van der Waals surface area contributed by atoms with Gasteiger partial charge >= 0.3 is 0 Å². The zero-order valence-electron chi connectivity index (χ0n) is 6.88. The van der Waals surface area contributed by atoms with Crippen molar-refractivity contribution in [3.05, 3.63) is 0 Å². The molecule has 0 saturated carbocycles. The Kier molecular flexibility index (Phi) is 3.67. The fraction of sp³-hybridized carbons (Fsp3) is 0.600. The minimum atomic E-state index is -1.00. The highest BCUT2D eigenvalue weighted by atomic mass is 16.3. The van der Waals surface area contributed by atoms with E-state index >= 15 is 0 Å². The number of aliphatic hydroxyl groups excluding tert-OH is 2. The van der Waals surface area contributed by atoms with Crippen molar-refractivity contribution >= 4 is 0 Å². The summed E-state index contributed by atoms with van der Waals surface area (Å²) < 4.78 is 0. The summed E-state index contributed by atoms with van der Waals surface area (Å²) in [7, 11) is 0. The summed E-state index contributed by atoms with van der Waals surface area (Å²) in [5.41, 5.74) is 0. The normalized spacial score (nSPS) is 29.2. The van der Waals surface area contributed by atoms with Crippen LogP contribution in [0.3, 0.4) is 0 Å². The van der Waals surface area contributed by atoms with Gasteiger partial charge in [-0.3, -0.25) is 0 Å². The average Bonchev–Trinajstić information content (AvgIpc) is 2.08. The van der Waals surface area contributed by atoms with E-state index in [1.165, 1.54) is 0 Å². The van der Waals surface area contributed by atoms with Gasteiger partial charge in [0.05, 0.1) is 0 Å². The Labute approximate surface area is 72.6 Å². The number of hydrogen-bond acceptors (Lipinski definition) is 2. The molecular weight excluding hydrogens is 152 g/mol. The topological polar surface area (TPSA) is 40.5 Å². The van der Waals surface area contributed by atoms with E-state index in [2.05, 4.69) is 23.7 Å². The first kappa shape index (κ1) is 9.13. The molecule has 1 rings (SSSR count). The lowest BCUT2D eigenvalue weighted by molar-refractivity contribution is 0.0930. The quantitative estimate of drug-likeness (QED) is 0.505. The summed E-state index contributed by atoms with van der Waals surface area (Å²) in [6.45, 7) is 0. The molecule has 0 bridgehead atoms. The van der Waals surface area contributed by atoms with Gasteiger partial charge in [-0.15, -0.1) is 11.8 Å². The average molecular weight is 164 g/mol. The van der Waals surface area contributed by atoms with Gasteiger partial charge in [-0.2, -0.15) is 0 Å². The van der Waals surface area contributed by atoms with Crippen LogP contribution in [-0.4, -0.2) is 22.4 Å². The molecule has 0 saturated heterocycles. The van der Waals surface area contributed by atoms with E-state index in [1.807, 2.05) is 0 Å². The van der Waals surface area contributed by atoms with Crippen LogP contribution in [0.25, 0.3) is 0 Å². The molecule has 1 aliphatic rings. The second-order valence-electron chi connectivity index (χ2n) is 2.74. The summed E-state index contributed by atoms with van der Waals surface area (Å²) in [6.07, 6.45) is 1.59. The largest absolute Gasteiger partial charge is 0.377 e. The summed E-state index contributed by atoms with van der Waals surface area (Å²) in [5, 5.41) is 18.3. The van der Waals surface area contributed by atoms with Gasteiger partial charge in [0.15, 0.2) is 12.2 Å². The molecule has 0 unspecified atom stereocenters. The van der Waals surface area contributed by atoms with Crippen molar-refractivity contribution < 1.29 is 10.2 Å². The van der Waals surface area contributed by atoms with Gasteiger partial charge in [-0.25, -0.2) is 0 Å². The molecule has 0 radical (unpaired) electrons. The monoisotopic (exact) mass is 164 g/mol. The Morgan fingerprint density at radius 2 is 1.25 bits per heavy atom. The van der Waals surface area contributed by atoms with Gasteiger partial charge in [0.1, 0.15) is 0 Å². The van der Waals surface area contributed by atoms with Gasteiger partial charge < -0.3 is 10.2 Å². The van der Waals surface area contributed by atoms with Crippen molar-refractivity contribution in [3.63, 3.8) is 0 Å².